The number of ether oxygens (including phenoxy) is 1. The first kappa shape index (κ1) is 21.2. The second kappa shape index (κ2) is 9.74. The van der Waals surface area contributed by atoms with Gasteiger partial charge in [0.25, 0.3) is 0 Å². The lowest BCUT2D eigenvalue weighted by atomic mass is 9.95. The second-order valence-electron chi connectivity index (χ2n) is 6.97. The van der Waals surface area contributed by atoms with Gasteiger partial charge in [-0.15, -0.1) is 12.4 Å². The molecule has 1 aliphatic rings. The number of nitrogens with zero attached hydrogens (tertiary/aromatic N) is 2. The third-order valence-corrected chi connectivity index (χ3v) is 5.03. The van der Waals surface area contributed by atoms with Gasteiger partial charge < -0.3 is 15.4 Å². The molecule has 0 saturated carbocycles. The van der Waals surface area contributed by atoms with Crippen molar-refractivity contribution in [2.24, 2.45) is 5.73 Å². The van der Waals surface area contributed by atoms with Crippen LogP contribution < -0.4 is 10.5 Å². The first-order chi connectivity index (χ1) is 12.6. The number of halogens is 1. The maximum atomic E-state index is 12.6. The molecule has 2 atom stereocenters. The van der Waals surface area contributed by atoms with E-state index in [2.05, 4.69) is 17.0 Å². The molecule has 0 aromatic heterocycles. The van der Waals surface area contributed by atoms with Crippen LogP contribution in [0, 0.1) is 0 Å². The molecule has 2 aromatic rings. The van der Waals surface area contributed by atoms with Crippen LogP contribution in [0.5, 0.6) is 5.75 Å². The number of methoxy groups -OCH3 is 1. The molecule has 0 bridgehead atoms. The Morgan fingerprint density at radius 1 is 1.15 bits per heavy atom. The first-order valence-electron chi connectivity index (χ1n) is 8.96. The molecular formula is C21H28ClN3O2. The summed E-state index contributed by atoms with van der Waals surface area (Å²) >= 11 is 0. The van der Waals surface area contributed by atoms with Gasteiger partial charge in [0.1, 0.15) is 5.75 Å². The van der Waals surface area contributed by atoms with Crippen LogP contribution in [0.15, 0.2) is 54.6 Å². The Balaban J connectivity index is 0.00000261. The molecule has 1 fully saturated rings. The van der Waals surface area contributed by atoms with E-state index in [0.717, 1.165) is 24.4 Å². The standard InChI is InChI=1S/C21H27N3O2.ClH/c1-23(12-16-8-10-18(26-2)11-9-16)21(25)15-24-13-19(20(22)14-24)17-6-4-3-5-7-17;/h3-11,19-20H,12-15,22H2,1-2H3;1H/t19-,20+;/m0./s1. The van der Waals surface area contributed by atoms with Crippen LogP contribution in [0.3, 0.4) is 0 Å². The monoisotopic (exact) mass is 389 g/mol. The number of benzene rings is 2. The van der Waals surface area contributed by atoms with Crippen molar-refractivity contribution in [2.75, 3.05) is 33.8 Å². The van der Waals surface area contributed by atoms with E-state index in [-0.39, 0.29) is 30.3 Å². The average molecular weight is 390 g/mol. The quantitative estimate of drug-likeness (QED) is 0.824. The van der Waals surface area contributed by atoms with Gasteiger partial charge in [-0.25, -0.2) is 0 Å². The lowest BCUT2D eigenvalue weighted by Crippen LogP contribution is -2.38. The summed E-state index contributed by atoms with van der Waals surface area (Å²) in [6.45, 7) is 2.57. The van der Waals surface area contributed by atoms with Crippen molar-refractivity contribution in [3.8, 4) is 5.75 Å². The Kier molecular flexibility index (Phi) is 7.66. The summed E-state index contributed by atoms with van der Waals surface area (Å²) in [7, 11) is 3.49. The Morgan fingerprint density at radius 2 is 1.81 bits per heavy atom. The van der Waals surface area contributed by atoms with Gasteiger partial charge in [-0.2, -0.15) is 0 Å². The molecule has 1 aliphatic heterocycles. The fraction of sp³-hybridized carbons (Fsp3) is 0.381. The molecule has 146 valence electrons. The van der Waals surface area contributed by atoms with Crippen LogP contribution >= 0.6 is 12.4 Å². The number of hydrogen-bond donors (Lipinski definition) is 1. The zero-order valence-corrected chi connectivity index (χ0v) is 16.7. The van der Waals surface area contributed by atoms with E-state index in [1.165, 1.54) is 5.56 Å². The van der Waals surface area contributed by atoms with Crippen molar-refractivity contribution >= 4 is 18.3 Å². The minimum Gasteiger partial charge on any atom is -0.497 e. The summed E-state index contributed by atoms with van der Waals surface area (Å²) in [4.78, 5) is 16.5. The molecule has 3 rings (SSSR count). The average Bonchev–Trinajstić information content (AvgIpc) is 3.03. The lowest BCUT2D eigenvalue weighted by molar-refractivity contribution is -0.131. The molecule has 0 aliphatic carbocycles. The molecular weight excluding hydrogens is 362 g/mol. The molecule has 2 aromatic carbocycles. The highest BCUT2D eigenvalue weighted by atomic mass is 35.5. The highest BCUT2D eigenvalue weighted by molar-refractivity contribution is 5.85. The van der Waals surface area contributed by atoms with Crippen molar-refractivity contribution in [1.82, 2.24) is 9.80 Å². The van der Waals surface area contributed by atoms with Gasteiger partial charge in [0.15, 0.2) is 0 Å². The molecule has 1 saturated heterocycles. The van der Waals surface area contributed by atoms with Gasteiger partial charge in [0.2, 0.25) is 5.91 Å². The normalized spacial score (nSPS) is 19.4. The summed E-state index contributed by atoms with van der Waals surface area (Å²) < 4.78 is 5.17. The smallest absolute Gasteiger partial charge is 0.236 e. The Hall–Kier alpha value is -2.08. The molecule has 0 unspecified atom stereocenters. The predicted molar refractivity (Wildman–Crippen MR) is 110 cm³/mol. The minimum atomic E-state index is 0. The fourth-order valence-electron chi connectivity index (χ4n) is 3.50. The zero-order valence-electron chi connectivity index (χ0n) is 15.9. The largest absolute Gasteiger partial charge is 0.497 e. The van der Waals surface area contributed by atoms with Gasteiger partial charge >= 0.3 is 0 Å². The van der Waals surface area contributed by atoms with Crippen LogP contribution in [0.2, 0.25) is 0 Å². The number of rotatable bonds is 6. The number of likely N-dealkylation sites (tertiary alicyclic amines) is 1. The van der Waals surface area contributed by atoms with Crippen molar-refractivity contribution in [3.05, 3.63) is 65.7 Å². The van der Waals surface area contributed by atoms with Gasteiger partial charge in [-0.1, -0.05) is 42.5 Å². The highest BCUT2D eigenvalue weighted by Gasteiger charge is 2.32. The predicted octanol–water partition coefficient (Wildman–Crippen LogP) is 2.50. The molecule has 0 spiro atoms. The number of hydrogen-bond acceptors (Lipinski definition) is 4. The van der Waals surface area contributed by atoms with E-state index in [0.29, 0.717) is 13.1 Å². The molecule has 0 radical (unpaired) electrons. The Morgan fingerprint density at radius 3 is 2.44 bits per heavy atom. The van der Waals surface area contributed by atoms with Crippen LogP contribution in [0.4, 0.5) is 0 Å². The van der Waals surface area contributed by atoms with E-state index in [1.54, 1.807) is 12.0 Å². The van der Waals surface area contributed by atoms with Gasteiger partial charge in [0, 0.05) is 38.6 Å². The Labute approximate surface area is 167 Å². The fourth-order valence-corrected chi connectivity index (χ4v) is 3.50. The van der Waals surface area contributed by atoms with Crippen molar-refractivity contribution in [3.63, 3.8) is 0 Å². The van der Waals surface area contributed by atoms with Gasteiger partial charge in [-0.05, 0) is 23.3 Å². The lowest BCUT2D eigenvalue weighted by Gasteiger charge is -2.22. The topological polar surface area (TPSA) is 58.8 Å². The summed E-state index contributed by atoms with van der Waals surface area (Å²) in [5.41, 5.74) is 8.66. The van der Waals surface area contributed by atoms with Crippen molar-refractivity contribution < 1.29 is 9.53 Å². The number of amides is 1. The van der Waals surface area contributed by atoms with Crippen LogP contribution in [-0.4, -0.2) is 55.5 Å². The summed E-state index contributed by atoms with van der Waals surface area (Å²) in [5.74, 6) is 1.22. The van der Waals surface area contributed by atoms with E-state index >= 15 is 0 Å². The molecule has 5 nitrogen and oxygen atoms in total. The highest BCUT2D eigenvalue weighted by Crippen LogP contribution is 2.26. The van der Waals surface area contributed by atoms with Gasteiger partial charge in [0.05, 0.1) is 13.7 Å². The molecule has 27 heavy (non-hydrogen) atoms. The minimum absolute atomic E-state index is 0. The molecule has 2 N–H and O–H groups in total. The van der Waals surface area contributed by atoms with Crippen LogP contribution in [0.1, 0.15) is 17.0 Å². The van der Waals surface area contributed by atoms with Crippen molar-refractivity contribution in [1.29, 1.82) is 0 Å². The number of likely N-dealkylation sites (N-methyl/N-ethyl adjacent to an activating group) is 1. The number of carbonyl (C=O) groups is 1. The summed E-state index contributed by atoms with van der Waals surface area (Å²) in [6.07, 6.45) is 0. The van der Waals surface area contributed by atoms with Crippen molar-refractivity contribution in [2.45, 2.75) is 18.5 Å². The molecule has 1 heterocycles. The first-order valence-corrected chi connectivity index (χ1v) is 8.96. The summed E-state index contributed by atoms with van der Waals surface area (Å²) in [6, 6.07) is 18.2. The SMILES string of the molecule is COc1ccc(CN(C)C(=O)CN2C[C@@H](N)[C@H](c3ccccc3)C2)cc1.Cl. The number of carbonyl (C=O) groups excluding carboxylic acids is 1. The van der Waals surface area contributed by atoms with E-state index in [4.69, 9.17) is 10.5 Å². The van der Waals surface area contributed by atoms with E-state index in [1.807, 2.05) is 49.5 Å². The maximum Gasteiger partial charge on any atom is 0.236 e. The number of nitrogens with two attached hydrogens (primary N) is 1. The Bertz CT molecular complexity index is 724. The van der Waals surface area contributed by atoms with E-state index < -0.39 is 0 Å². The molecule has 6 heteroatoms. The maximum absolute atomic E-state index is 12.6. The third-order valence-electron chi connectivity index (χ3n) is 5.03. The second-order valence-corrected chi connectivity index (χ2v) is 6.97. The zero-order chi connectivity index (χ0) is 18.5. The van der Waals surface area contributed by atoms with E-state index in [9.17, 15) is 4.79 Å². The van der Waals surface area contributed by atoms with Gasteiger partial charge in [-0.3, -0.25) is 9.69 Å². The third kappa shape index (κ3) is 5.45. The van der Waals surface area contributed by atoms with Crippen LogP contribution in [0.25, 0.3) is 0 Å². The molecule has 1 amide bonds. The van der Waals surface area contributed by atoms with Crippen LogP contribution in [-0.2, 0) is 11.3 Å². The summed E-state index contributed by atoms with van der Waals surface area (Å²) in [5, 5.41) is 0.